The number of benzene rings is 2. The van der Waals surface area contributed by atoms with Crippen molar-refractivity contribution in [2.45, 2.75) is 68.2 Å². The van der Waals surface area contributed by atoms with Gasteiger partial charge >= 0.3 is 0 Å². The molecular weight excluding hydrogens is 476 g/mol. The Labute approximate surface area is 223 Å². The van der Waals surface area contributed by atoms with E-state index in [4.69, 9.17) is 9.47 Å². The number of nitrogens with zero attached hydrogens (tertiary/aromatic N) is 1. The Hall–Kier alpha value is -2.83. The van der Waals surface area contributed by atoms with Crippen LogP contribution in [-0.2, 0) is 23.2 Å². The molecule has 1 amide bonds. The van der Waals surface area contributed by atoms with Crippen LogP contribution in [0.2, 0.25) is 0 Å². The number of amides is 1. The summed E-state index contributed by atoms with van der Waals surface area (Å²) in [4.78, 5) is 16.8. The number of ether oxygens (including phenoxy) is 2. The first-order valence-electron chi connectivity index (χ1n) is 14.4. The van der Waals surface area contributed by atoms with Crippen molar-refractivity contribution < 1.29 is 19.4 Å². The molecule has 0 radical (unpaired) electrons. The summed E-state index contributed by atoms with van der Waals surface area (Å²) < 4.78 is 12.6. The number of piperidine rings is 1. The van der Waals surface area contributed by atoms with Gasteiger partial charge in [0.15, 0.2) is 11.5 Å². The monoisotopic (exact) mass is 510 g/mol. The molecule has 6 aliphatic carbocycles. The van der Waals surface area contributed by atoms with Gasteiger partial charge in [-0.25, -0.2) is 0 Å². The number of aliphatic hydroxyl groups is 1. The molecule has 2 aliphatic heterocycles. The van der Waals surface area contributed by atoms with Crippen molar-refractivity contribution in [1.29, 1.82) is 0 Å². The van der Waals surface area contributed by atoms with Gasteiger partial charge in [0, 0.05) is 30.1 Å². The average molecular weight is 511 g/mol. The fraction of sp³-hybridized carbons (Fsp3) is 0.531. The Kier molecular flexibility index (Phi) is 3.96. The molecule has 2 aromatic carbocycles. The van der Waals surface area contributed by atoms with Crippen LogP contribution in [0.1, 0.15) is 48.8 Å². The molecule has 6 nitrogen and oxygen atoms in total. The van der Waals surface area contributed by atoms with E-state index in [1.165, 1.54) is 30.4 Å². The normalized spacial score (nSPS) is 40.5. The van der Waals surface area contributed by atoms with E-state index in [1.807, 2.05) is 36.4 Å². The molecule has 196 valence electrons. The summed E-state index contributed by atoms with van der Waals surface area (Å²) in [6.07, 6.45) is 8.52. The highest BCUT2D eigenvalue weighted by atomic mass is 16.5. The molecule has 2 N–H and O–H groups in total. The van der Waals surface area contributed by atoms with Crippen molar-refractivity contribution in [3.05, 3.63) is 70.8 Å². The first-order chi connectivity index (χ1) is 18.5. The van der Waals surface area contributed by atoms with E-state index in [1.54, 1.807) is 7.11 Å². The standard InChI is InChI=1S/C32H34N2O4/c1-37-22-11-10-21-14-24-29-15-23-31(18-29,28(35)33-16-19-6-3-2-4-7-19)32(23,36)27-30(29,25(21)26(22)38-27)12-13-34(24)17-20-8-5-9-20/h2-4,6-7,10-11,15,20,24,27,36H,5,8-9,12-14,16-18H2,1H3,(H,33,35)/t24?,27-,29?,30?,31-,32+/m1/s1. The Morgan fingerprint density at radius 1 is 1.21 bits per heavy atom. The third-order valence-electron chi connectivity index (χ3n) is 11.8. The minimum absolute atomic E-state index is 0.0530. The Morgan fingerprint density at radius 3 is 2.82 bits per heavy atom. The molecule has 6 heteroatoms. The maximum Gasteiger partial charge on any atom is 0.234 e. The third kappa shape index (κ3) is 2.16. The van der Waals surface area contributed by atoms with Crippen LogP contribution in [0.4, 0.5) is 0 Å². The summed E-state index contributed by atoms with van der Waals surface area (Å²) in [6.45, 7) is 2.63. The summed E-state index contributed by atoms with van der Waals surface area (Å²) in [7, 11) is 1.69. The summed E-state index contributed by atoms with van der Waals surface area (Å²) in [5.41, 5.74) is 1.86. The van der Waals surface area contributed by atoms with E-state index >= 15 is 0 Å². The molecule has 6 atom stereocenters. The Bertz CT molecular complexity index is 1430. The van der Waals surface area contributed by atoms with Crippen LogP contribution in [0.15, 0.2) is 54.1 Å². The smallest absolute Gasteiger partial charge is 0.234 e. The van der Waals surface area contributed by atoms with Crippen molar-refractivity contribution >= 4 is 5.91 Å². The van der Waals surface area contributed by atoms with E-state index in [9.17, 15) is 9.90 Å². The van der Waals surface area contributed by atoms with Gasteiger partial charge < -0.3 is 19.9 Å². The van der Waals surface area contributed by atoms with Crippen molar-refractivity contribution in [2.24, 2.45) is 16.7 Å². The van der Waals surface area contributed by atoms with Gasteiger partial charge in [0.05, 0.1) is 12.5 Å². The number of carbonyl (C=O) groups excluding carboxylic acids is 1. The molecule has 2 heterocycles. The van der Waals surface area contributed by atoms with Crippen molar-refractivity contribution in [3.8, 4) is 11.5 Å². The molecule has 10 rings (SSSR count). The average Bonchev–Trinajstić information content (AvgIpc) is 3.19. The van der Waals surface area contributed by atoms with E-state index in [-0.39, 0.29) is 16.7 Å². The van der Waals surface area contributed by atoms with E-state index in [0.717, 1.165) is 54.5 Å². The number of hydrogen-bond acceptors (Lipinski definition) is 5. The van der Waals surface area contributed by atoms with Gasteiger partial charge in [0.1, 0.15) is 17.1 Å². The maximum atomic E-state index is 14.1. The summed E-state index contributed by atoms with van der Waals surface area (Å²) >= 11 is 0. The fourth-order valence-electron chi connectivity index (χ4n) is 10.0. The molecule has 3 unspecified atom stereocenters. The first kappa shape index (κ1) is 22.0. The van der Waals surface area contributed by atoms with Crippen LogP contribution in [-0.4, -0.2) is 53.9 Å². The van der Waals surface area contributed by atoms with Gasteiger partial charge in [-0.05, 0) is 67.3 Å². The van der Waals surface area contributed by atoms with E-state index < -0.39 is 17.1 Å². The van der Waals surface area contributed by atoms with Crippen LogP contribution in [0.3, 0.4) is 0 Å². The summed E-state index contributed by atoms with van der Waals surface area (Å²) in [5.74, 6) is 2.28. The zero-order chi connectivity index (χ0) is 25.5. The Morgan fingerprint density at radius 2 is 2.05 bits per heavy atom. The second kappa shape index (κ2) is 6.83. The van der Waals surface area contributed by atoms with Gasteiger partial charge in [-0.1, -0.05) is 48.9 Å². The number of nitrogens with one attached hydrogen (secondary N) is 1. The zero-order valence-electron chi connectivity index (χ0n) is 21.8. The zero-order valence-corrected chi connectivity index (χ0v) is 21.8. The minimum atomic E-state index is -1.27. The lowest BCUT2D eigenvalue weighted by molar-refractivity contribution is -0.175. The van der Waals surface area contributed by atoms with Crippen LogP contribution in [0.5, 0.6) is 11.5 Å². The predicted octanol–water partition coefficient (Wildman–Crippen LogP) is 3.50. The number of rotatable bonds is 6. The lowest BCUT2D eigenvalue weighted by atomic mass is 9.41. The second-order valence-corrected chi connectivity index (χ2v) is 13.0. The lowest BCUT2D eigenvalue weighted by Crippen LogP contribution is -2.75. The molecule has 6 bridgehead atoms. The van der Waals surface area contributed by atoms with Gasteiger partial charge in [0.2, 0.25) is 5.91 Å². The molecule has 2 aromatic rings. The van der Waals surface area contributed by atoms with E-state index in [0.29, 0.717) is 19.0 Å². The number of methoxy groups -OCH3 is 1. The van der Waals surface area contributed by atoms with Crippen molar-refractivity contribution in [1.82, 2.24) is 10.2 Å². The number of likely N-dealkylation sites (tertiary alicyclic amines) is 1. The molecule has 1 saturated heterocycles. The SMILES string of the molecule is COc1ccc2c3c1O[C@@H]1C34CCN(CC3CCC3)C(C2)C42C=C3[C@@](C(=O)NCc4ccccc4)(C2)[C@]31O. The van der Waals surface area contributed by atoms with Crippen LogP contribution >= 0.6 is 0 Å². The van der Waals surface area contributed by atoms with Crippen molar-refractivity contribution in [2.75, 3.05) is 20.2 Å². The van der Waals surface area contributed by atoms with Gasteiger partial charge in [0.25, 0.3) is 0 Å². The number of carbonyl (C=O) groups is 1. The summed E-state index contributed by atoms with van der Waals surface area (Å²) in [6, 6.07) is 14.6. The molecule has 3 saturated carbocycles. The highest BCUT2D eigenvalue weighted by molar-refractivity contribution is 5.99. The second-order valence-electron chi connectivity index (χ2n) is 13.0. The largest absolute Gasteiger partial charge is 0.493 e. The fourth-order valence-corrected chi connectivity index (χ4v) is 10.0. The molecule has 8 aliphatic rings. The minimum Gasteiger partial charge on any atom is -0.493 e. The highest BCUT2D eigenvalue weighted by Crippen LogP contribution is 2.87. The molecular formula is C32H34N2O4. The molecule has 4 fully saturated rings. The molecule has 2 spiro atoms. The van der Waals surface area contributed by atoms with Crippen LogP contribution < -0.4 is 14.8 Å². The van der Waals surface area contributed by atoms with Gasteiger partial charge in [-0.15, -0.1) is 0 Å². The Balaban J connectivity index is 1.17. The molecule has 0 aromatic heterocycles. The van der Waals surface area contributed by atoms with Crippen LogP contribution in [0.25, 0.3) is 0 Å². The topological polar surface area (TPSA) is 71.0 Å². The van der Waals surface area contributed by atoms with E-state index in [2.05, 4.69) is 22.4 Å². The first-order valence-corrected chi connectivity index (χ1v) is 14.4. The lowest BCUT2D eigenvalue weighted by Gasteiger charge is -2.66. The number of hydrogen-bond donors (Lipinski definition) is 2. The molecule has 38 heavy (non-hydrogen) atoms. The van der Waals surface area contributed by atoms with Gasteiger partial charge in [-0.2, -0.15) is 0 Å². The maximum absolute atomic E-state index is 14.1. The van der Waals surface area contributed by atoms with Crippen molar-refractivity contribution in [3.63, 3.8) is 0 Å². The summed E-state index contributed by atoms with van der Waals surface area (Å²) in [5, 5.41) is 15.7. The predicted molar refractivity (Wildman–Crippen MR) is 141 cm³/mol. The third-order valence-corrected chi connectivity index (χ3v) is 11.8. The van der Waals surface area contributed by atoms with Gasteiger partial charge in [-0.3, -0.25) is 9.69 Å². The van der Waals surface area contributed by atoms with Crippen LogP contribution in [0, 0.1) is 16.7 Å². The quantitative estimate of drug-likeness (QED) is 0.582. The highest BCUT2D eigenvalue weighted by Gasteiger charge is 2.95.